The number of hydrogen-bond donors (Lipinski definition) is 1. The van der Waals surface area contributed by atoms with Crippen LogP contribution in [0.4, 0.5) is 4.79 Å². The predicted molar refractivity (Wildman–Crippen MR) is 138 cm³/mol. The second-order valence-electron chi connectivity index (χ2n) is 9.75. The van der Waals surface area contributed by atoms with Gasteiger partial charge in [-0.25, -0.2) is 4.79 Å². The number of carbonyl (C=O) groups is 1. The third kappa shape index (κ3) is 6.50. The SMILES string of the molecule is CC(C)CC(O)(Cc1ccccc1-c1ccccc1)C1CN(C(=O)OCc2ccccc2)CCO1. The molecular formula is C30H35NO4. The lowest BCUT2D eigenvalue weighted by atomic mass is 9.80. The van der Waals surface area contributed by atoms with Crippen LogP contribution in [0.2, 0.25) is 0 Å². The summed E-state index contributed by atoms with van der Waals surface area (Å²) >= 11 is 0. The summed E-state index contributed by atoms with van der Waals surface area (Å²) in [6, 6.07) is 28.1. The Morgan fingerprint density at radius 3 is 2.40 bits per heavy atom. The summed E-state index contributed by atoms with van der Waals surface area (Å²) in [5, 5.41) is 12.0. The Kier molecular flexibility index (Phi) is 8.21. The van der Waals surface area contributed by atoms with E-state index in [1.54, 1.807) is 4.90 Å². The summed E-state index contributed by atoms with van der Waals surface area (Å²) in [5.74, 6) is 0.257. The number of nitrogens with zero attached hydrogens (tertiary/aromatic N) is 1. The molecule has 0 spiro atoms. The molecule has 0 radical (unpaired) electrons. The fourth-order valence-electron chi connectivity index (χ4n) is 4.88. The number of ether oxygens (including phenoxy) is 2. The van der Waals surface area contributed by atoms with Gasteiger partial charge in [-0.1, -0.05) is 98.8 Å². The highest BCUT2D eigenvalue weighted by Gasteiger charge is 2.42. The van der Waals surface area contributed by atoms with Gasteiger partial charge in [-0.05, 0) is 34.6 Å². The minimum absolute atomic E-state index is 0.225. The zero-order chi connectivity index (χ0) is 24.7. The van der Waals surface area contributed by atoms with Crippen LogP contribution in [-0.4, -0.2) is 47.5 Å². The fourth-order valence-corrected chi connectivity index (χ4v) is 4.88. The molecule has 1 fully saturated rings. The smallest absolute Gasteiger partial charge is 0.410 e. The van der Waals surface area contributed by atoms with Gasteiger partial charge in [-0.3, -0.25) is 0 Å². The lowest BCUT2D eigenvalue weighted by molar-refractivity contribution is -0.146. The van der Waals surface area contributed by atoms with E-state index < -0.39 is 11.7 Å². The first-order valence-electron chi connectivity index (χ1n) is 12.4. The second-order valence-corrected chi connectivity index (χ2v) is 9.75. The minimum Gasteiger partial charge on any atom is -0.445 e. The molecule has 1 N–H and O–H groups in total. The summed E-state index contributed by atoms with van der Waals surface area (Å²) in [7, 11) is 0. The monoisotopic (exact) mass is 473 g/mol. The standard InChI is InChI=1S/C30H35NO4/c1-23(2)19-30(33,20-26-15-9-10-16-27(26)25-13-7-4-8-14-25)28-21-31(17-18-34-28)29(32)35-22-24-11-5-3-6-12-24/h3-16,23,28,33H,17-22H2,1-2H3. The first-order chi connectivity index (χ1) is 16.9. The molecule has 184 valence electrons. The van der Waals surface area contributed by atoms with E-state index in [1.807, 2.05) is 60.7 Å². The molecule has 3 aromatic carbocycles. The molecule has 35 heavy (non-hydrogen) atoms. The average Bonchev–Trinajstić information content (AvgIpc) is 2.88. The number of carbonyl (C=O) groups excluding carboxylic acids is 1. The lowest BCUT2D eigenvalue weighted by Gasteiger charge is -2.43. The van der Waals surface area contributed by atoms with Crippen molar-refractivity contribution in [3.63, 3.8) is 0 Å². The van der Waals surface area contributed by atoms with Gasteiger partial charge in [-0.2, -0.15) is 0 Å². The Balaban J connectivity index is 1.51. The van der Waals surface area contributed by atoms with Crippen molar-refractivity contribution in [3.05, 3.63) is 96.1 Å². The van der Waals surface area contributed by atoms with E-state index in [2.05, 4.69) is 38.1 Å². The topological polar surface area (TPSA) is 59.0 Å². The summed E-state index contributed by atoms with van der Waals surface area (Å²) in [4.78, 5) is 14.5. The molecule has 1 saturated heterocycles. The highest BCUT2D eigenvalue weighted by atomic mass is 16.6. The van der Waals surface area contributed by atoms with Crippen molar-refractivity contribution in [2.45, 2.75) is 45.0 Å². The lowest BCUT2D eigenvalue weighted by Crippen LogP contribution is -2.57. The van der Waals surface area contributed by atoms with E-state index in [1.165, 1.54) is 0 Å². The molecule has 1 heterocycles. The fraction of sp³-hybridized carbons (Fsp3) is 0.367. The van der Waals surface area contributed by atoms with Crippen LogP contribution >= 0.6 is 0 Å². The largest absolute Gasteiger partial charge is 0.445 e. The maximum absolute atomic E-state index is 12.8. The average molecular weight is 474 g/mol. The maximum atomic E-state index is 12.8. The van der Waals surface area contributed by atoms with Crippen molar-refractivity contribution in [1.29, 1.82) is 0 Å². The zero-order valence-electron chi connectivity index (χ0n) is 20.6. The molecule has 1 aliphatic rings. The molecule has 2 unspecified atom stereocenters. The van der Waals surface area contributed by atoms with Crippen LogP contribution in [0.15, 0.2) is 84.9 Å². The van der Waals surface area contributed by atoms with Crippen molar-refractivity contribution in [2.75, 3.05) is 19.7 Å². The number of rotatable bonds is 8. The van der Waals surface area contributed by atoms with Gasteiger partial charge in [0.05, 0.1) is 18.8 Å². The summed E-state index contributed by atoms with van der Waals surface area (Å²) in [5.41, 5.74) is 3.10. The van der Waals surface area contributed by atoms with Crippen LogP contribution in [0.3, 0.4) is 0 Å². The van der Waals surface area contributed by atoms with Crippen molar-refractivity contribution in [3.8, 4) is 11.1 Å². The van der Waals surface area contributed by atoms with Crippen LogP contribution in [0.5, 0.6) is 0 Å². The maximum Gasteiger partial charge on any atom is 0.410 e. The molecule has 2 atom stereocenters. The number of hydrogen-bond acceptors (Lipinski definition) is 4. The van der Waals surface area contributed by atoms with Crippen LogP contribution in [0, 0.1) is 5.92 Å². The van der Waals surface area contributed by atoms with Crippen molar-refractivity contribution in [2.24, 2.45) is 5.92 Å². The third-order valence-corrected chi connectivity index (χ3v) is 6.49. The molecule has 5 nitrogen and oxygen atoms in total. The van der Waals surface area contributed by atoms with Crippen molar-refractivity contribution < 1.29 is 19.4 Å². The second kappa shape index (κ2) is 11.5. The zero-order valence-corrected chi connectivity index (χ0v) is 20.6. The predicted octanol–water partition coefficient (Wildman–Crippen LogP) is 5.71. The van der Waals surface area contributed by atoms with E-state index in [-0.39, 0.29) is 18.6 Å². The minimum atomic E-state index is -1.13. The first-order valence-corrected chi connectivity index (χ1v) is 12.4. The van der Waals surface area contributed by atoms with Crippen LogP contribution in [-0.2, 0) is 22.5 Å². The van der Waals surface area contributed by atoms with Gasteiger partial charge in [0.2, 0.25) is 0 Å². The molecule has 4 rings (SSSR count). The highest BCUT2D eigenvalue weighted by Crippen LogP contribution is 2.33. The van der Waals surface area contributed by atoms with Gasteiger partial charge in [0.25, 0.3) is 0 Å². The number of morpholine rings is 1. The van der Waals surface area contributed by atoms with Crippen molar-refractivity contribution >= 4 is 6.09 Å². The van der Waals surface area contributed by atoms with Crippen LogP contribution in [0.25, 0.3) is 11.1 Å². The molecule has 0 bridgehead atoms. The molecule has 0 aromatic heterocycles. The molecule has 1 amide bonds. The van der Waals surface area contributed by atoms with E-state index in [0.717, 1.165) is 22.3 Å². The van der Waals surface area contributed by atoms with Crippen molar-refractivity contribution in [1.82, 2.24) is 4.90 Å². The Morgan fingerprint density at radius 1 is 1.03 bits per heavy atom. The molecule has 0 saturated carbocycles. The number of benzene rings is 3. The normalized spacial score (nSPS) is 17.7. The quantitative estimate of drug-likeness (QED) is 0.455. The van der Waals surface area contributed by atoms with Gasteiger partial charge < -0.3 is 19.5 Å². The van der Waals surface area contributed by atoms with Crippen LogP contribution in [0.1, 0.15) is 31.4 Å². The summed E-state index contributed by atoms with van der Waals surface area (Å²) in [6.45, 7) is 5.53. The molecular weight excluding hydrogens is 438 g/mol. The summed E-state index contributed by atoms with van der Waals surface area (Å²) < 4.78 is 11.7. The van der Waals surface area contributed by atoms with E-state index in [0.29, 0.717) is 32.5 Å². The van der Waals surface area contributed by atoms with E-state index >= 15 is 0 Å². The Morgan fingerprint density at radius 2 is 1.69 bits per heavy atom. The Bertz CT molecular complexity index is 1090. The number of amides is 1. The van der Waals surface area contributed by atoms with Gasteiger partial charge in [-0.15, -0.1) is 0 Å². The van der Waals surface area contributed by atoms with Crippen LogP contribution < -0.4 is 0 Å². The van der Waals surface area contributed by atoms with E-state index in [4.69, 9.17) is 9.47 Å². The Labute approximate surface area is 208 Å². The molecule has 3 aromatic rings. The number of aliphatic hydroxyl groups is 1. The highest BCUT2D eigenvalue weighted by molar-refractivity contribution is 5.68. The van der Waals surface area contributed by atoms with Gasteiger partial charge in [0, 0.05) is 13.0 Å². The first kappa shape index (κ1) is 25.0. The molecule has 1 aliphatic heterocycles. The third-order valence-electron chi connectivity index (χ3n) is 6.49. The Hall–Kier alpha value is -3.15. The van der Waals surface area contributed by atoms with E-state index in [9.17, 15) is 9.90 Å². The van der Waals surface area contributed by atoms with Gasteiger partial charge in [0.15, 0.2) is 0 Å². The summed E-state index contributed by atoms with van der Waals surface area (Å²) in [6.07, 6.45) is 0.118. The molecule has 5 heteroatoms. The van der Waals surface area contributed by atoms with Gasteiger partial charge >= 0.3 is 6.09 Å². The molecule has 0 aliphatic carbocycles. The van der Waals surface area contributed by atoms with Gasteiger partial charge in [0.1, 0.15) is 12.7 Å².